The van der Waals surface area contributed by atoms with E-state index in [1.807, 2.05) is 20.2 Å². The molecule has 2 heteroatoms. The first-order valence-corrected chi connectivity index (χ1v) is 13.2. The second-order valence-corrected chi connectivity index (χ2v) is 9.18. The van der Waals surface area contributed by atoms with Crippen molar-refractivity contribution in [1.82, 2.24) is 4.90 Å². The summed E-state index contributed by atoms with van der Waals surface area (Å²) in [5.74, 6) is 0.154. The lowest BCUT2D eigenvalue weighted by Gasteiger charge is -2.11. The Labute approximate surface area is 189 Å². The molecule has 2 nitrogen and oxygen atoms in total. The fourth-order valence-electron chi connectivity index (χ4n) is 3.78. The van der Waals surface area contributed by atoms with Crippen LogP contribution in [0.1, 0.15) is 136 Å². The fraction of sp³-hybridized carbons (Fsp3) is 0.821. The highest BCUT2D eigenvalue weighted by Gasteiger charge is 2.05. The van der Waals surface area contributed by atoms with Gasteiger partial charge in [0.15, 0.2) is 0 Å². The molecular formula is C28H53NO. The Bertz CT molecular complexity index is 436. The quantitative estimate of drug-likeness (QED) is 0.103. The van der Waals surface area contributed by atoms with Gasteiger partial charge in [0.25, 0.3) is 0 Å². The average Bonchev–Trinajstić information content (AvgIpc) is 2.73. The van der Waals surface area contributed by atoms with Crippen LogP contribution in [0, 0.1) is 0 Å². The van der Waals surface area contributed by atoms with Gasteiger partial charge in [-0.25, -0.2) is 0 Å². The first-order chi connectivity index (χ1) is 14.6. The monoisotopic (exact) mass is 419 g/mol. The van der Waals surface area contributed by atoms with Crippen LogP contribution in [0.4, 0.5) is 0 Å². The lowest BCUT2D eigenvalue weighted by atomic mass is 9.98. The highest BCUT2D eigenvalue weighted by Crippen LogP contribution is 2.19. The van der Waals surface area contributed by atoms with E-state index in [0.29, 0.717) is 0 Å². The van der Waals surface area contributed by atoms with Crippen molar-refractivity contribution in [1.29, 1.82) is 0 Å². The third-order valence-electron chi connectivity index (χ3n) is 5.86. The van der Waals surface area contributed by atoms with E-state index in [0.717, 1.165) is 12.8 Å². The summed E-state index contributed by atoms with van der Waals surface area (Å²) in [6, 6.07) is 0. The number of unbranched alkanes of at least 4 members (excludes halogenated alkanes) is 14. The average molecular weight is 420 g/mol. The molecule has 0 atom stereocenters. The molecule has 0 rings (SSSR count). The molecule has 1 amide bonds. The van der Waals surface area contributed by atoms with Crippen LogP contribution >= 0.6 is 0 Å². The van der Waals surface area contributed by atoms with E-state index in [1.54, 1.807) is 4.90 Å². The Morgan fingerprint density at radius 3 is 1.57 bits per heavy atom. The van der Waals surface area contributed by atoms with Crippen molar-refractivity contribution in [2.24, 2.45) is 0 Å². The minimum atomic E-state index is 0.154. The normalized spacial score (nSPS) is 12.1. The Hall–Kier alpha value is -1.05. The largest absolute Gasteiger partial charge is 0.345 e. The minimum absolute atomic E-state index is 0.154. The lowest BCUT2D eigenvalue weighted by Crippen LogP contribution is -2.19. The summed E-state index contributed by atoms with van der Waals surface area (Å²) in [5.41, 5.74) is 1.38. The van der Waals surface area contributed by atoms with Crippen molar-refractivity contribution in [2.75, 3.05) is 14.1 Å². The van der Waals surface area contributed by atoms with Crippen molar-refractivity contribution in [3.63, 3.8) is 0 Å². The second kappa shape index (κ2) is 22.6. The van der Waals surface area contributed by atoms with E-state index in [1.165, 1.54) is 115 Å². The van der Waals surface area contributed by atoms with Gasteiger partial charge in [-0.05, 0) is 44.9 Å². The number of hydrogen-bond acceptors (Lipinski definition) is 1. The van der Waals surface area contributed by atoms with Gasteiger partial charge in [0.1, 0.15) is 0 Å². The van der Waals surface area contributed by atoms with E-state index in [9.17, 15) is 4.79 Å². The second-order valence-electron chi connectivity index (χ2n) is 9.18. The van der Waals surface area contributed by atoms with Gasteiger partial charge in [-0.1, -0.05) is 109 Å². The number of hydrogen-bond donors (Lipinski definition) is 0. The Morgan fingerprint density at radius 2 is 1.07 bits per heavy atom. The number of carbonyl (C=O) groups excluding carboxylic acids is 1. The Kier molecular flexibility index (Phi) is 21.8. The number of carbonyl (C=O) groups is 1. The lowest BCUT2D eigenvalue weighted by molar-refractivity contribution is -0.123. The molecule has 0 spiro atoms. The third kappa shape index (κ3) is 20.2. The first kappa shape index (κ1) is 28.9. The van der Waals surface area contributed by atoms with Crippen molar-refractivity contribution < 1.29 is 4.79 Å². The standard InChI is InChI=1S/C28H53NO/c1-5-7-9-11-13-14-15-16-17-19-21-23-25-27(26-28(30)29(3)4)24-22-20-18-12-10-8-6-2/h9,11,26H,5-8,10,12-25H2,1-4H3/b11-9-,27-26+. The molecule has 0 aromatic heterocycles. The van der Waals surface area contributed by atoms with E-state index < -0.39 is 0 Å². The fourth-order valence-corrected chi connectivity index (χ4v) is 3.78. The summed E-state index contributed by atoms with van der Waals surface area (Å²) >= 11 is 0. The molecule has 0 aliphatic carbocycles. The van der Waals surface area contributed by atoms with E-state index in [-0.39, 0.29) is 5.91 Å². The van der Waals surface area contributed by atoms with Crippen LogP contribution < -0.4 is 0 Å². The molecule has 0 saturated heterocycles. The summed E-state index contributed by atoms with van der Waals surface area (Å²) in [4.78, 5) is 13.8. The summed E-state index contributed by atoms with van der Waals surface area (Å²) < 4.78 is 0. The van der Waals surface area contributed by atoms with Crippen LogP contribution in [0.15, 0.2) is 23.8 Å². The molecular weight excluding hydrogens is 366 g/mol. The molecule has 0 bridgehead atoms. The van der Waals surface area contributed by atoms with Gasteiger partial charge in [0, 0.05) is 20.2 Å². The molecule has 0 heterocycles. The third-order valence-corrected chi connectivity index (χ3v) is 5.86. The highest BCUT2D eigenvalue weighted by molar-refractivity contribution is 5.87. The number of allylic oxidation sites excluding steroid dienone is 3. The molecule has 176 valence electrons. The molecule has 0 unspecified atom stereocenters. The molecule has 0 saturated carbocycles. The van der Waals surface area contributed by atoms with Crippen molar-refractivity contribution in [3.05, 3.63) is 23.8 Å². The maximum absolute atomic E-state index is 12.1. The van der Waals surface area contributed by atoms with Gasteiger partial charge >= 0.3 is 0 Å². The zero-order valence-electron chi connectivity index (χ0n) is 21.0. The van der Waals surface area contributed by atoms with Gasteiger partial charge in [-0.3, -0.25) is 4.79 Å². The maximum atomic E-state index is 12.1. The summed E-state index contributed by atoms with van der Waals surface area (Å²) in [7, 11) is 3.70. The van der Waals surface area contributed by atoms with Crippen LogP contribution in [0.3, 0.4) is 0 Å². The minimum Gasteiger partial charge on any atom is -0.345 e. The summed E-state index contributed by atoms with van der Waals surface area (Å²) in [6.07, 6.45) is 31.3. The van der Waals surface area contributed by atoms with Gasteiger partial charge in [-0.15, -0.1) is 0 Å². The van der Waals surface area contributed by atoms with Crippen molar-refractivity contribution in [3.8, 4) is 0 Å². The van der Waals surface area contributed by atoms with Crippen LogP contribution in [-0.2, 0) is 4.79 Å². The SMILES string of the molecule is CCC/C=C\CCCCCCCCC/C(=C/C(=O)N(C)C)CCCCCCCCC. The number of rotatable bonds is 21. The van der Waals surface area contributed by atoms with Crippen LogP contribution in [0.25, 0.3) is 0 Å². The van der Waals surface area contributed by atoms with Gasteiger partial charge < -0.3 is 4.90 Å². The Balaban J connectivity index is 3.90. The topological polar surface area (TPSA) is 20.3 Å². The maximum Gasteiger partial charge on any atom is 0.245 e. The summed E-state index contributed by atoms with van der Waals surface area (Å²) in [5, 5.41) is 0. The smallest absolute Gasteiger partial charge is 0.245 e. The zero-order valence-corrected chi connectivity index (χ0v) is 21.0. The van der Waals surface area contributed by atoms with E-state index in [4.69, 9.17) is 0 Å². The first-order valence-electron chi connectivity index (χ1n) is 13.2. The molecule has 0 aromatic rings. The predicted octanol–water partition coefficient (Wildman–Crippen LogP) is 9.01. The predicted molar refractivity (Wildman–Crippen MR) is 135 cm³/mol. The number of nitrogens with zero attached hydrogens (tertiary/aromatic N) is 1. The highest BCUT2D eigenvalue weighted by atomic mass is 16.2. The van der Waals surface area contributed by atoms with Gasteiger partial charge in [0.2, 0.25) is 5.91 Å². The number of amides is 1. The summed E-state index contributed by atoms with van der Waals surface area (Å²) in [6.45, 7) is 4.50. The van der Waals surface area contributed by atoms with Crippen LogP contribution in [-0.4, -0.2) is 24.9 Å². The van der Waals surface area contributed by atoms with Crippen molar-refractivity contribution in [2.45, 2.75) is 136 Å². The van der Waals surface area contributed by atoms with Crippen LogP contribution in [0.2, 0.25) is 0 Å². The van der Waals surface area contributed by atoms with Crippen LogP contribution in [0.5, 0.6) is 0 Å². The molecule has 0 fully saturated rings. The molecule has 0 aliphatic heterocycles. The molecule has 0 radical (unpaired) electrons. The van der Waals surface area contributed by atoms with E-state index in [2.05, 4.69) is 26.0 Å². The number of likely N-dealkylation sites (N-methyl/N-ethyl adjacent to an activating group) is 1. The molecule has 30 heavy (non-hydrogen) atoms. The van der Waals surface area contributed by atoms with Gasteiger partial charge in [0.05, 0.1) is 0 Å². The molecule has 0 N–H and O–H groups in total. The Morgan fingerprint density at radius 1 is 0.600 bits per heavy atom. The van der Waals surface area contributed by atoms with Gasteiger partial charge in [-0.2, -0.15) is 0 Å². The van der Waals surface area contributed by atoms with Crippen molar-refractivity contribution >= 4 is 5.91 Å². The zero-order chi connectivity index (χ0) is 22.3. The van der Waals surface area contributed by atoms with E-state index >= 15 is 0 Å². The molecule has 0 aromatic carbocycles. The molecule has 0 aliphatic rings.